The smallest absolute Gasteiger partial charge is 0.284 e. The average molecular weight is 405 g/mol. The number of aryl methyl sites for hydroxylation is 1. The third-order valence-corrected chi connectivity index (χ3v) is 6.75. The minimum atomic E-state index is -3.64. The molecule has 1 fully saturated rings. The van der Waals surface area contributed by atoms with Crippen LogP contribution < -0.4 is 11.1 Å². The first-order chi connectivity index (χ1) is 13.3. The first kappa shape index (κ1) is 20.1. The lowest BCUT2D eigenvalue weighted by Crippen LogP contribution is -2.36. The molecule has 3 rings (SSSR count). The van der Waals surface area contributed by atoms with Crippen molar-refractivity contribution >= 4 is 21.8 Å². The second-order valence-corrected chi connectivity index (χ2v) is 8.66. The molecule has 0 aliphatic carbocycles. The van der Waals surface area contributed by atoms with Gasteiger partial charge in [-0.1, -0.05) is 12.5 Å². The molecule has 9 heteroatoms. The van der Waals surface area contributed by atoms with Crippen molar-refractivity contribution in [2.75, 3.05) is 13.1 Å². The lowest BCUT2D eigenvalue weighted by molar-refractivity contribution is 0.0947. The Labute approximate surface area is 163 Å². The molecule has 2 aromatic rings. The Morgan fingerprint density at radius 1 is 1.14 bits per heavy atom. The number of nitrogens with two attached hydrogens (primary N) is 1. The van der Waals surface area contributed by atoms with Gasteiger partial charge in [0, 0.05) is 18.7 Å². The number of furan rings is 1. The Hall–Kier alpha value is -2.65. The van der Waals surface area contributed by atoms with E-state index in [4.69, 9.17) is 10.2 Å². The zero-order valence-corrected chi connectivity index (χ0v) is 16.4. The van der Waals surface area contributed by atoms with Crippen LogP contribution in [0.15, 0.2) is 39.6 Å². The van der Waals surface area contributed by atoms with Crippen LogP contribution in [0, 0.1) is 6.92 Å². The lowest BCUT2D eigenvalue weighted by Gasteiger charge is -2.26. The molecule has 0 saturated carbocycles. The molecule has 28 heavy (non-hydrogen) atoms. The molecule has 1 saturated heterocycles. The number of carbonyl (C=O) groups excluding carboxylic acids is 2. The van der Waals surface area contributed by atoms with Gasteiger partial charge in [-0.3, -0.25) is 9.59 Å². The Morgan fingerprint density at radius 3 is 2.50 bits per heavy atom. The predicted molar refractivity (Wildman–Crippen MR) is 102 cm³/mol. The van der Waals surface area contributed by atoms with Gasteiger partial charge in [0.1, 0.15) is 5.76 Å². The van der Waals surface area contributed by atoms with Crippen LogP contribution in [-0.2, 0) is 16.6 Å². The maximum Gasteiger partial charge on any atom is 0.284 e. The zero-order valence-electron chi connectivity index (χ0n) is 15.6. The van der Waals surface area contributed by atoms with Crippen molar-refractivity contribution in [3.8, 4) is 0 Å². The second kappa shape index (κ2) is 8.15. The number of hydrogen-bond acceptors (Lipinski definition) is 5. The van der Waals surface area contributed by atoms with E-state index in [0.29, 0.717) is 24.4 Å². The molecule has 2 amide bonds. The van der Waals surface area contributed by atoms with E-state index in [-0.39, 0.29) is 22.8 Å². The van der Waals surface area contributed by atoms with Crippen LogP contribution in [0.4, 0.5) is 0 Å². The third-order valence-electron chi connectivity index (χ3n) is 4.71. The first-order valence-corrected chi connectivity index (χ1v) is 10.5. The third kappa shape index (κ3) is 4.26. The first-order valence-electron chi connectivity index (χ1n) is 9.06. The Balaban J connectivity index is 1.76. The molecule has 0 radical (unpaired) electrons. The average Bonchev–Trinajstić information content (AvgIpc) is 3.16. The summed E-state index contributed by atoms with van der Waals surface area (Å²) in [4.78, 5) is 23.7. The Morgan fingerprint density at radius 2 is 1.86 bits per heavy atom. The van der Waals surface area contributed by atoms with E-state index in [9.17, 15) is 18.0 Å². The fourth-order valence-electron chi connectivity index (χ4n) is 3.14. The highest BCUT2D eigenvalue weighted by Gasteiger charge is 2.28. The van der Waals surface area contributed by atoms with Crippen molar-refractivity contribution in [3.63, 3.8) is 0 Å². The maximum atomic E-state index is 13.0. The van der Waals surface area contributed by atoms with Gasteiger partial charge in [-0.05, 0) is 49.6 Å². The molecule has 150 valence electrons. The monoisotopic (exact) mass is 405 g/mol. The normalized spacial score (nSPS) is 15.3. The molecule has 0 atom stereocenters. The molecule has 1 aromatic carbocycles. The van der Waals surface area contributed by atoms with Crippen LogP contribution >= 0.6 is 0 Å². The fourth-order valence-corrected chi connectivity index (χ4v) is 4.91. The number of rotatable bonds is 6. The summed E-state index contributed by atoms with van der Waals surface area (Å²) in [5, 5.41) is 2.65. The predicted octanol–water partition coefficient (Wildman–Crippen LogP) is 1.79. The molecule has 1 aliphatic heterocycles. The van der Waals surface area contributed by atoms with E-state index >= 15 is 0 Å². The van der Waals surface area contributed by atoms with Crippen molar-refractivity contribution in [2.24, 2.45) is 5.73 Å². The van der Waals surface area contributed by atoms with Crippen LogP contribution in [0.25, 0.3) is 0 Å². The minimum Gasteiger partial charge on any atom is -0.454 e. The number of carbonyl (C=O) groups is 2. The number of primary amides is 1. The highest BCUT2D eigenvalue weighted by Crippen LogP contribution is 2.24. The SMILES string of the molecule is Cc1ccc(C(=O)NCc2ccc(C(N)=O)o2)cc1S(=O)(=O)N1CCCCC1. The van der Waals surface area contributed by atoms with Crippen molar-refractivity contribution in [3.05, 3.63) is 53.0 Å². The van der Waals surface area contributed by atoms with Gasteiger partial charge in [-0.2, -0.15) is 4.31 Å². The van der Waals surface area contributed by atoms with E-state index in [1.807, 2.05) is 0 Å². The van der Waals surface area contributed by atoms with Crippen LogP contribution in [0.5, 0.6) is 0 Å². The minimum absolute atomic E-state index is 0.00879. The van der Waals surface area contributed by atoms with Crippen molar-refractivity contribution < 1.29 is 22.4 Å². The Kier molecular flexibility index (Phi) is 5.85. The summed E-state index contributed by atoms with van der Waals surface area (Å²) in [5.74, 6) is -0.749. The van der Waals surface area contributed by atoms with E-state index in [1.54, 1.807) is 25.1 Å². The fraction of sp³-hybridized carbons (Fsp3) is 0.368. The lowest BCUT2D eigenvalue weighted by atomic mass is 10.1. The number of piperidine rings is 1. The molecular formula is C19H23N3O5S. The molecule has 0 bridgehead atoms. The van der Waals surface area contributed by atoms with Gasteiger partial charge in [0.15, 0.2) is 5.76 Å². The van der Waals surface area contributed by atoms with Crippen LogP contribution in [0.2, 0.25) is 0 Å². The molecule has 1 aliphatic rings. The van der Waals surface area contributed by atoms with Gasteiger partial charge in [-0.25, -0.2) is 8.42 Å². The summed E-state index contributed by atoms with van der Waals surface area (Å²) in [6.07, 6.45) is 2.71. The Bertz CT molecular complexity index is 991. The zero-order chi connectivity index (χ0) is 20.3. The van der Waals surface area contributed by atoms with E-state index in [1.165, 1.54) is 16.4 Å². The van der Waals surface area contributed by atoms with Crippen molar-refractivity contribution in [1.82, 2.24) is 9.62 Å². The van der Waals surface area contributed by atoms with Gasteiger partial charge in [0.2, 0.25) is 10.0 Å². The van der Waals surface area contributed by atoms with Gasteiger partial charge < -0.3 is 15.5 Å². The topological polar surface area (TPSA) is 123 Å². The van der Waals surface area contributed by atoms with Crippen molar-refractivity contribution in [2.45, 2.75) is 37.6 Å². The summed E-state index contributed by atoms with van der Waals surface area (Å²) in [6, 6.07) is 7.59. The summed E-state index contributed by atoms with van der Waals surface area (Å²) in [6.45, 7) is 2.76. The number of nitrogens with one attached hydrogen (secondary N) is 1. The quantitative estimate of drug-likeness (QED) is 0.758. The summed E-state index contributed by atoms with van der Waals surface area (Å²) < 4.78 is 32.6. The van der Waals surface area contributed by atoms with E-state index in [0.717, 1.165) is 19.3 Å². The van der Waals surface area contributed by atoms with Gasteiger partial charge >= 0.3 is 0 Å². The molecule has 2 heterocycles. The number of benzene rings is 1. The van der Waals surface area contributed by atoms with Crippen molar-refractivity contribution in [1.29, 1.82) is 0 Å². The molecule has 3 N–H and O–H groups in total. The van der Waals surface area contributed by atoms with Crippen LogP contribution in [0.3, 0.4) is 0 Å². The summed E-state index contributed by atoms with van der Waals surface area (Å²) >= 11 is 0. The molecule has 1 aromatic heterocycles. The second-order valence-electron chi connectivity index (χ2n) is 6.76. The van der Waals surface area contributed by atoms with Crippen LogP contribution in [-0.4, -0.2) is 37.6 Å². The van der Waals surface area contributed by atoms with Gasteiger partial charge in [-0.15, -0.1) is 0 Å². The number of nitrogens with zero attached hydrogens (tertiary/aromatic N) is 1. The van der Waals surface area contributed by atoms with Gasteiger partial charge in [0.05, 0.1) is 11.4 Å². The van der Waals surface area contributed by atoms with Gasteiger partial charge in [0.25, 0.3) is 11.8 Å². The molecule has 0 spiro atoms. The number of amides is 2. The molecular weight excluding hydrogens is 382 g/mol. The van der Waals surface area contributed by atoms with E-state index in [2.05, 4.69) is 5.32 Å². The maximum absolute atomic E-state index is 13.0. The highest BCUT2D eigenvalue weighted by molar-refractivity contribution is 7.89. The number of sulfonamides is 1. The molecule has 0 unspecified atom stereocenters. The standard InChI is InChI=1S/C19H23N3O5S/c1-13-5-6-14(11-17(13)28(25,26)22-9-3-2-4-10-22)19(24)21-12-15-7-8-16(27-15)18(20)23/h5-8,11H,2-4,9-10,12H2,1H3,(H2,20,23)(H,21,24). The summed E-state index contributed by atoms with van der Waals surface area (Å²) in [5.41, 5.74) is 5.96. The van der Waals surface area contributed by atoms with Crippen LogP contribution in [0.1, 0.15) is 51.5 Å². The molecule has 8 nitrogen and oxygen atoms in total. The largest absolute Gasteiger partial charge is 0.454 e. The van der Waals surface area contributed by atoms with E-state index < -0.39 is 21.8 Å². The highest BCUT2D eigenvalue weighted by atomic mass is 32.2. The number of hydrogen-bond donors (Lipinski definition) is 2. The summed E-state index contributed by atoms with van der Waals surface area (Å²) in [7, 11) is -3.64.